The van der Waals surface area contributed by atoms with Crippen LogP contribution in [0.3, 0.4) is 0 Å². The van der Waals surface area contributed by atoms with Gasteiger partial charge in [0.05, 0.1) is 18.4 Å². The van der Waals surface area contributed by atoms with Gasteiger partial charge < -0.3 is 25.9 Å². The van der Waals surface area contributed by atoms with Crippen LogP contribution >= 0.6 is 0 Å². The summed E-state index contributed by atoms with van der Waals surface area (Å²) in [7, 11) is 0. The average molecular weight is 659 g/mol. The SMILES string of the molecule is CC.CC1CCNCC1.Cc1c[nH]c2ccccc12.O=CNC(Cc1ccc2ccccc2c1)C(=O)NCc1ncc(-c2ccccc2)[nH]1. The minimum absolute atomic E-state index is 0.250. The van der Waals surface area contributed by atoms with E-state index in [2.05, 4.69) is 62.9 Å². The fourth-order valence-electron chi connectivity index (χ4n) is 5.60. The van der Waals surface area contributed by atoms with Crippen LogP contribution in [0.5, 0.6) is 0 Å². The first kappa shape index (κ1) is 36.6. The van der Waals surface area contributed by atoms with Gasteiger partial charge >= 0.3 is 0 Å². The highest BCUT2D eigenvalue weighted by molar-refractivity contribution is 5.85. The fraction of sp³-hybridized carbons (Fsp3) is 0.293. The number of nitrogens with one attached hydrogen (secondary N) is 5. The van der Waals surface area contributed by atoms with E-state index in [9.17, 15) is 9.59 Å². The fourth-order valence-corrected chi connectivity index (χ4v) is 5.60. The van der Waals surface area contributed by atoms with Crippen molar-refractivity contribution in [2.24, 2.45) is 5.92 Å². The first-order chi connectivity index (χ1) is 24.0. The molecule has 8 heteroatoms. The average Bonchev–Trinajstić information content (AvgIpc) is 3.79. The molecule has 2 aromatic heterocycles. The number of benzene rings is 4. The highest BCUT2D eigenvalue weighted by atomic mass is 16.2. The van der Waals surface area contributed by atoms with Gasteiger partial charge in [0.15, 0.2) is 0 Å². The highest BCUT2D eigenvalue weighted by Gasteiger charge is 2.18. The Bertz CT molecular complexity index is 1860. The van der Waals surface area contributed by atoms with Crippen LogP contribution in [-0.2, 0) is 22.6 Å². The van der Waals surface area contributed by atoms with Crippen molar-refractivity contribution in [3.05, 3.63) is 126 Å². The number of amides is 2. The van der Waals surface area contributed by atoms with Gasteiger partial charge in [-0.25, -0.2) is 4.98 Å². The maximum Gasteiger partial charge on any atom is 0.243 e. The third-order valence-corrected chi connectivity index (χ3v) is 8.41. The summed E-state index contributed by atoms with van der Waals surface area (Å²) in [6.07, 6.45) is 7.49. The standard InChI is InChI=1S/C24H22N4O2.C9H9N.C6H13N.C2H6/c29-16-27-21(13-17-10-11-18-6-4-5-9-20(18)12-17)24(30)26-15-23-25-14-22(28-23)19-7-2-1-3-8-19;1-7-6-10-9-5-3-2-4-8(7)9;1-6-2-4-7-5-3-6;1-2/h1-12,14,16,21H,13,15H2,(H,25,28)(H,26,30)(H,27,29);2-6,10H,1H3;6-7H,2-5H2,1H3;1-2H3. The minimum atomic E-state index is -0.660. The Kier molecular flexibility index (Phi) is 14.6. The molecule has 1 saturated heterocycles. The maximum absolute atomic E-state index is 12.7. The van der Waals surface area contributed by atoms with Crippen LogP contribution in [-0.4, -0.2) is 46.4 Å². The van der Waals surface area contributed by atoms with E-state index < -0.39 is 6.04 Å². The van der Waals surface area contributed by atoms with Crippen LogP contribution in [0.1, 0.15) is 50.6 Å². The van der Waals surface area contributed by atoms with Gasteiger partial charge in [-0.3, -0.25) is 9.59 Å². The molecule has 1 unspecified atom stereocenters. The number of piperidine rings is 1. The van der Waals surface area contributed by atoms with Gasteiger partial charge in [0.2, 0.25) is 12.3 Å². The Labute approximate surface area is 290 Å². The zero-order valence-corrected chi connectivity index (χ0v) is 29.1. The molecule has 0 aliphatic carbocycles. The number of carbonyl (C=O) groups excluding carboxylic acids is 2. The van der Waals surface area contributed by atoms with Crippen molar-refractivity contribution in [2.45, 2.75) is 59.5 Å². The minimum Gasteiger partial charge on any atom is -0.361 e. The number of aryl methyl sites for hydroxylation is 1. The van der Waals surface area contributed by atoms with E-state index in [4.69, 9.17) is 0 Å². The molecule has 1 aliphatic rings. The molecule has 8 nitrogen and oxygen atoms in total. The predicted molar refractivity (Wildman–Crippen MR) is 202 cm³/mol. The maximum atomic E-state index is 12.7. The second kappa shape index (κ2) is 19.6. The van der Waals surface area contributed by atoms with Gasteiger partial charge in [-0.15, -0.1) is 0 Å². The second-order valence-electron chi connectivity index (χ2n) is 12.0. The van der Waals surface area contributed by atoms with Gasteiger partial charge in [-0.05, 0) is 72.3 Å². The molecule has 256 valence electrons. The number of hydrogen-bond donors (Lipinski definition) is 5. The number of H-pyrrole nitrogens is 2. The van der Waals surface area contributed by atoms with E-state index in [1.165, 1.54) is 42.4 Å². The summed E-state index contributed by atoms with van der Waals surface area (Å²) in [6, 6.07) is 31.6. The molecule has 2 amide bonds. The van der Waals surface area contributed by atoms with Crippen molar-refractivity contribution >= 4 is 34.0 Å². The van der Waals surface area contributed by atoms with Crippen LogP contribution in [0.15, 0.2) is 109 Å². The van der Waals surface area contributed by atoms with Crippen molar-refractivity contribution in [2.75, 3.05) is 13.1 Å². The Morgan fingerprint density at radius 1 is 0.918 bits per heavy atom. The van der Waals surface area contributed by atoms with Crippen molar-refractivity contribution < 1.29 is 9.59 Å². The zero-order valence-electron chi connectivity index (χ0n) is 29.1. The predicted octanol–water partition coefficient (Wildman–Crippen LogP) is 7.71. The molecule has 5 N–H and O–H groups in total. The molecular weight excluding hydrogens is 608 g/mol. The third kappa shape index (κ3) is 11.2. The molecule has 4 aromatic carbocycles. The van der Waals surface area contributed by atoms with Gasteiger partial charge in [0.25, 0.3) is 0 Å². The number of imidazole rings is 1. The topological polar surface area (TPSA) is 115 Å². The molecule has 1 fully saturated rings. The lowest BCUT2D eigenvalue weighted by Crippen LogP contribution is -2.44. The zero-order chi connectivity index (χ0) is 34.8. The molecule has 1 atom stereocenters. The van der Waals surface area contributed by atoms with Crippen molar-refractivity contribution in [1.29, 1.82) is 0 Å². The van der Waals surface area contributed by atoms with E-state index >= 15 is 0 Å². The number of para-hydroxylation sites is 1. The van der Waals surface area contributed by atoms with E-state index in [-0.39, 0.29) is 12.5 Å². The van der Waals surface area contributed by atoms with Crippen molar-refractivity contribution in [3.8, 4) is 11.3 Å². The summed E-state index contributed by atoms with van der Waals surface area (Å²) >= 11 is 0. The molecule has 0 saturated carbocycles. The number of rotatable bonds is 8. The molecule has 1 aliphatic heterocycles. The number of nitrogens with zero attached hydrogens (tertiary/aromatic N) is 1. The lowest BCUT2D eigenvalue weighted by atomic mass is 10.0. The van der Waals surface area contributed by atoms with E-state index in [1.54, 1.807) is 6.20 Å². The Morgan fingerprint density at radius 2 is 1.61 bits per heavy atom. The quantitative estimate of drug-likeness (QED) is 0.108. The monoisotopic (exact) mass is 658 g/mol. The summed E-state index contributed by atoms with van der Waals surface area (Å²) in [5.41, 5.74) is 5.43. The third-order valence-electron chi connectivity index (χ3n) is 8.41. The normalized spacial score (nSPS) is 13.1. The summed E-state index contributed by atoms with van der Waals surface area (Å²) < 4.78 is 0. The molecule has 7 rings (SSSR count). The number of fused-ring (bicyclic) bond motifs is 2. The summed E-state index contributed by atoms with van der Waals surface area (Å²) in [4.78, 5) is 34.4. The Morgan fingerprint density at radius 3 is 2.31 bits per heavy atom. The van der Waals surface area contributed by atoms with Gasteiger partial charge in [0.1, 0.15) is 11.9 Å². The van der Waals surface area contributed by atoms with E-state index in [0.29, 0.717) is 18.7 Å². The summed E-state index contributed by atoms with van der Waals surface area (Å²) in [6.45, 7) is 11.2. The lowest BCUT2D eigenvalue weighted by Gasteiger charge is -2.17. The molecule has 0 spiro atoms. The smallest absolute Gasteiger partial charge is 0.243 e. The van der Waals surface area contributed by atoms with Crippen LogP contribution in [0.4, 0.5) is 0 Å². The first-order valence-electron chi connectivity index (χ1n) is 17.3. The molecule has 0 radical (unpaired) electrons. The Hall–Kier alpha value is -5.21. The molecule has 6 aromatic rings. The molecule has 49 heavy (non-hydrogen) atoms. The number of aromatic nitrogens is 3. The largest absolute Gasteiger partial charge is 0.361 e. The van der Waals surface area contributed by atoms with Gasteiger partial charge in [0, 0.05) is 23.5 Å². The molecular formula is C41H50N6O2. The summed E-state index contributed by atoms with van der Waals surface area (Å²) in [5, 5.41) is 12.3. The first-order valence-corrected chi connectivity index (χ1v) is 17.3. The Balaban J connectivity index is 0.000000230. The highest BCUT2D eigenvalue weighted by Crippen LogP contribution is 2.18. The van der Waals surface area contributed by atoms with Crippen molar-refractivity contribution in [3.63, 3.8) is 0 Å². The second-order valence-corrected chi connectivity index (χ2v) is 12.0. The van der Waals surface area contributed by atoms with Crippen LogP contribution in [0.2, 0.25) is 0 Å². The number of hydrogen-bond acceptors (Lipinski definition) is 4. The van der Waals surface area contributed by atoms with E-state index in [0.717, 1.165) is 33.5 Å². The number of aromatic amines is 2. The van der Waals surface area contributed by atoms with Crippen LogP contribution in [0.25, 0.3) is 32.9 Å². The van der Waals surface area contributed by atoms with Gasteiger partial charge in [-0.2, -0.15) is 0 Å². The van der Waals surface area contributed by atoms with Crippen LogP contribution < -0.4 is 16.0 Å². The van der Waals surface area contributed by atoms with Crippen molar-refractivity contribution in [1.82, 2.24) is 30.9 Å². The summed E-state index contributed by atoms with van der Waals surface area (Å²) in [5.74, 6) is 1.37. The van der Waals surface area contributed by atoms with E-state index in [1.807, 2.05) is 98.9 Å². The molecule has 3 heterocycles. The van der Waals surface area contributed by atoms with Gasteiger partial charge in [-0.1, -0.05) is 112 Å². The lowest BCUT2D eigenvalue weighted by molar-refractivity contribution is -0.125. The van der Waals surface area contributed by atoms with Crippen LogP contribution in [0, 0.1) is 12.8 Å². The molecule has 0 bridgehead atoms. The number of carbonyl (C=O) groups is 2.